The smallest absolute Gasteiger partial charge is 0.230 e. The molecule has 190 valence electrons. The van der Waals surface area contributed by atoms with Crippen LogP contribution in [-0.4, -0.2) is 23.1 Å². The number of pyridine rings is 1. The van der Waals surface area contributed by atoms with Gasteiger partial charge in [0.05, 0.1) is 23.7 Å². The third-order valence-corrected chi connectivity index (χ3v) is 6.99. The van der Waals surface area contributed by atoms with Gasteiger partial charge in [-0.2, -0.15) is 0 Å². The van der Waals surface area contributed by atoms with E-state index in [4.69, 9.17) is 21.7 Å². The maximum atomic E-state index is 15.0. The molecular weight excluding hydrogens is 521 g/mol. The van der Waals surface area contributed by atoms with Gasteiger partial charge in [0, 0.05) is 34.5 Å². The van der Waals surface area contributed by atoms with Crippen molar-refractivity contribution in [1.29, 1.82) is 0 Å². The Hall–Kier alpha value is -4.34. The summed E-state index contributed by atoms with van der Waals surface area (Å²) in [6.07, 6.45) is 1.81. The van der Waals surface area contributed by atoms with Crippen molar-refractivity contribution in [3.63, 3.8) is 0 Å². The molecule has 1 amide bonds. The van der Waals surface area contributed by atoms with Gasteiger partial charge in [-0.15, -0.1) is 11.3 Å². The largest absolute Gasteiger partial charge is 0.496 e. The van der Waals surface area contributed by atoms with E-state index in [2.05, 4.69) is 15.6 Å². The number of carbonyl (C=O) groups is 1. The molecule has 0 saturated carbocycles. The molecule has 0 unspecified atom stereocenters. The molecule has 0 aliphatic rings. The Kier molecular flexibility index (Phi) is 7.57. The monoisotopic (exact) mass is 543 g/mol. The first-order chi connectivity index (χ1) is 18.5. The molecule has 5 rings (SSSR count). The summed E-state index contributed by atoms with van der Waals surface area (Å²) in [5, 5.41) is 5.53. The zero-order valence-electron chi connectivity index (χ0n) is 20.2. The number of methoxy groups -OCH3 is 1. The number of hydrogen-bond donors (Lipinski definition) is 2. The Labute approximate surface area is 228 Å². The summed E-state index contributed by atoms with van der Waals surface area (Å²) in [4.78, 5) is 17.6. The third-order valence-electron chi connectivity index (χ3n) is 5.62. The first kappa shape index (κ1) is 25.3. The summed E-state index contributed by atoms with van der Waals surface area (Å²) in [5.41, 5.74) is 2.93. The number of amides is 1. The summed E-state index contributed by atoms with van der Waals surface area (Å²) in [5.74, 6) is 0.447. The third kappa shape index (κ3) is 5.80. The number of halogens is 1. The number of benzene rings is 3. The van der Waals surface area contributed by atoms with E-state index >= 15 is 0 Å². The lowest BCUT2D eigenvalue weighted by molar-refractivity contribution is -0.119. The van der Waals surface area contributed by atoms with Crippen LogP contribution < -0.4 is 20.1 Å². The second kappa shape index (κ2) is 11.4. The van der Waals surface area contributed by atoms with Crippen LogP contribution in [0.1, 0.15) is 5.56 Å². The normalized spacial score (nSPS) is 10.7. The highest BCUT2D eigenvalue weighted by Crippen LogP contribution is 2.42. The number of thiocarbonyl (C=S) groups is 1. The molecule has 0 radical (unpaired) electrons. The highest BCUT2D eigenvalue weighted by molar-refractivity contribution is 7.80. The van der Waals surface area contributed by atoms with E-state index < -0.39 is 5.82 Å². The number of nitrogens with zero attached hydrogens (tertiary/aromatic N) is 1. The highest BCUT2D eigenvalue weighted by Gasteiger charge is 2.15. The number of ether oxygens (including phenoxy) is 2. The molecule has 0 bridgehead atoms. The zero-order chi connectivity index (χ0) is 26.5. The Bertz CT molecular complexity index is 1620. The summed E-state index contributed by atoms with van der Waals surface area (Å²) in [6.45, 7) is 0. The van der Waals surface area contributed by atoms with Gasteiger partial charge < -0.3 is 20.1 Å². The minimum atomic E-state index is -0.583. The van der Waals surface area contributed by atoms with Crippen molar-refractivity contribution in [2.75, 3.05) is 12.4 Å². The van der Waals surface area contributed by atoms with Gasteiger partial charge in [0.25, 0.3) is 0 Å². The average Bonchev–Trinajstić information content (AvgIpc) is 3.36. The van der Waals surface area contributed by atoms with Crippen LogP contribution in [0.15, 0.2) is 91.1 Å². The van der Waals surface area contributed by atoms with Crippen molar-refractivity contribution in [3.8, 4) is 27.7 Å². The number of rotatable bonds is 7. The lowest BCUT2D eigenvalue weighted by Crippen LogP contribution is -2.35. The molecule has 0 spiro atoms. The zero-order valence-corrected chi connectivity index (χ0v) is 21.9. The molecule has 5 aromatic rings. The van der Waals surface area contributed by atoms with E-state index in [1.807, 2.05) is 60.7 Å². The summed E-state index contributed by atoms with van der Waals surface area (Å²) < 4.78 is 27.2. The van der Waals surface area contributed by atoms with Crippen LogP contribution in [0.2, 0.25) is 0 Å². The minimum Gasteiger partial charge on any atom is -0.496 e. The number of fused-ring (bicyclic) bond motifs is 1. The number of para-hydroxylation sites is 1. The van der Waals surface area contributed by atoms with E-state index in [-0.39, 0.29) is 23.2 Å². The molecular formula is C29H22FN3O3S2. The predicted octanol–water partition coefficient (Wildman–Crippen LogP) is 6.96. The summed E-state index contributed by atoms with van der Waals surface area (Å²) in [6, 6.07) is 25.1. The van der Waals surface area contributed by atoms with Crippen LogP contribution in [0.4, 0.5) is 10.1 Å². The van der Waals surface area contributed by atoms with Crippen molar-refractivity contribution in [3.05, 3.63) is 103 Å². The van der Waals surface area contributed by atoms with Gasteiger partial charge in [-0.1, -0.05) is 42.5 Å². The van der Waals surface area contributed by atoms with E-state index in [0.29, 0.717) is 11.4 Å². The molecule has 0 fully saturated rings. The predicted molar refractivity (Wildman–Crippen MR) is 153 cm³/mol. The molecule has 0 atom stereocenters. The fourth-order valence-electron chi connectivity index (χ4n) is 3.87. The molecule has 3 aromatic carbocycles. The first-order valence-corrected chi connectivity index (χ1v) is 12.9. The number of carbonyl (C=O) groups excluding carboxylic acids is 1. The van der Waals surface area contributed by atoms with Gasteiger partial charge in [-0.25, -0.2) is 4.39 Å². The van der Waals surface area contributed by atoms with E-state index in [9.17, 15) is 9.18 Å². The molecule has 2 heterocycles. The number of anilines is 1. The van der Waals surface area contributed by atoms with Crippen LogP contribution in [0.25, 0.3) is 20.7 Å². The highest BCUT2D eigenvalue weighted by atomic mass is 32.1. The van der Waals surface area contributed by atoms with Crippen LogP contribution >= 0.6 is 23.6 Å². The van der Waals surface area contributed by atoms with Crippen LogP contribution in [0.5, 0.6) is 17.2 Å². The molecule has 2 N–H and O–H groups in total. The van der Waals surface area contributed by atoms with Gasteiger partial charge in [0.2, 0.25) is 5.91 Å². The van der Waals surface area contributed by atoms with Gasteiger partial charge in [0.15, 0.2) is 16.7 Å². The second-order valence-corrected chi connectivity index (χ2v) is 9.71. The van der Waals surface area contributed by atoms with Gasteiger partial charge >= 0.3 is 0 Å². The van der Waals surface area contributed by atoms with E-state index in [1.54, 1.807) is 25.4 Å². The van der Waals surface area contributed by atoms with Gasteiger partial charge in [0.1, 0.15) is 11.5 Å². The molecule has 0 aliphatic heterocycles. The second-order valence-electron chi connectivity index (χ2n) is 8.25. The SMILES string of the molecule is COc1ccccc1-c1cc2nccc(Oc3ccc(NC(=S)NC(=O)Cc4ccccc4)cc3F)c2s1. The van der Waals surface area contributed by atoms with Crippen molar-refractivity contribution < 1.29 is 18.7 Å². The quantitative estimate of drug-likeness (QED) is 0.216. The van der Waals surface area contributed by atoms with Crippen LogP contribution in [0.3, 0.4) is 0 Å². The minimum absolute atomic E-state index is 0.0503. The number of thiophene rings is 1. The van der Waals surface area contributed by atoms with Gasteiger partial charge in [-0.05, 0) is 48.1 Å². The molecule has 0 aliphatic carbocycles. The Balaban J connectivity index is 1.29. The first-order valence-electron chi connectivity index (χ1n) is 11.6. The fraction of sp³-hybridized carbons (Fsp3) is 0.0690. The fourth-order valence-corrected chi connectivity index (χ4v) is 5.20. The Morgan fingerprint density at radius 2 is 1.76 bits per heavy atom. The molecule has 9 heteroatoms. The number of hydrogen-bond acceptors (Lipinski definition) is 6. The topological polar surface area (TPSA) is 72.5 Å². The lowest BCUT2D eigenvalue weighted by Gasteiger charge is -2.12. The summed E-state index contributed by atoms with van der Waals surface area (Å²) >= 11 is 6.70. The van der Waals surface area contributed by atoms with E-state index in [0.717, 1.165) is 32.0 Å². The van der Waals surface area contributed by atoms with Crippen molar-refractivity contribution in [1.82, 2.24) is 10.3 Å². The van der Waals surface area contributed by atoms with Crippen LogP contribution in [0, 0.1) is 5.82 Å². The van der Waals surface area contributed by atoms with Crippen molar-refractivity contribution in [2.45, 2.75) is 6.42 Å². The average molecular weight is 544 g/mol. The Morgan fingerprint density at radius 3 is 2.55 bits per heavy atom. The lowest BCUT2D eigenvalue weighted by atomic mass is 10.1. The molecule has 6 nitrogen and oxygen atoms in total. The maximum Gasteiger partial charge on any atom is 0.230 e. The standard InChI is InChI=1S/C29H22FN3O3S2/c1-35-23-10-6-5-9-20(23)26-17-22-28(38-26)25(13-14-31-22)36-24-12-11-19(16-21(24)30)32-29(37)33-27(34)15-18-7-3-2-4-8-18/h2-14,16-17H,15H2,1H3,(H2,32,33,34,37). The maximum absolute atomic E-state index is 15.0. The Morgan fingerprint density at radius 1 is 0.974 bits per heavy atom. The van der Waals surface area contributed by atoms with Gasteiger partial charge in [-0.3, -0.25) is 9.78 Å². The van der Waals surface area contributed by atoms with E-state index in [1.165, 1.54) is 23.5 Å². The van der Waals surface area contributed by atoms with Crippen LogP contribution in [-0.2, 0) is 11.2 Å². The number of nitrogens with one attached hydrogen (secondary N) is 2. The summed E-state index contributed by atoms with van der Waals surface area (Å²) in [7, 11) is 1.63. The molecule has 0 saturated heterocycles. The molecule has 2 aromatic heterocycles. The van der Waals surface area contributed by atoms with Crippen molar-refractivity contribution in [2.24, 2.45) is 0 Å². The molecule has 38 heavy (non-hydrogen) atoms. The van der Waals surface area contributed by atoms with Crippen molar-refractivity contribution >= 4 is 50.5 Å². The number of aromatic nitrogens is 1.